The highest BCUT2D eigenvalue weighted by atomic mass is 79.9. The Labute approximate surface area is 209 Å². The zero-order valence-electron chi connectivity index (χ0n) is 19.7. The zero-order chi connectivity index (χ0) is 26.4. The Balaban J connectivity index is 2.36. The highest BCUT2D eigenvalue weighted by molar-refractivity contribution is 9.10. The smallest absolute Gasteiger partial charge is 0.414 e. The molecule has 1 amide bonds. The fourth-order valence-corrected chi connectivity index (χ4v) is 4.10. The van der Waals surface area contributed by atoms with E-state index in [-0.39, 0.29) is 24.6 Å². The number of rotatable bonds is 7. The van der Waals surface area contributed by atoms with Gasteiger partial charge >= 0.3 is 18.4 Å². The summed E-state index contributed by atoms with van der Waals surface area (Å²) in [7, 11) is 0. The molecule has 35 heavy (non-hydrogen) atoms. The van der Waals surface area contributed by atoms with Crippen molar-refractivity contribution >= 4 is 27.7 Å². The molecular formula is C24H29BrF6N2O2. The number of carbonyl (C=O) groups is 1. The minimum atomic E-state index is -4.64. The van der Waals surface area contributed by atoms with Crippen LogP contribution in [0.2, 0.25) is 0 Å². The van der Waals surface area contributed by atoms with Gasteiger partial charge < -0.3 is 10.1 Å². The van der Waals surface area contributed by atoms with Crippen molar-refractivity contribution in [1.29, 1.82) is 0 Å². The molecule has 0 aromatic heterocycles. The fraction of sp³-hybridized carbons (Fsp3) is 0.542. The van der Waals surface area contributed by atoms with E-state index in [1.165, 1.54) is 11.8 Å². The summed E-state index contributed by atoms with van der Waals surface area (Å²) in [6.45, 7) is 4.93. The minimum Gasteiger partial charge on any atom is -0.446 e. The number of amides is 1. The Kier molecular flexibility index (Phi) is 10.3. The van der Waals surface area contributed by atoms with E-state index in [2.05, 4.69) is 21.2 Å². The number of nitrogens with one attached hydrogen (secondary N) is 1. The number of allylic oxidation sites excluding steroid dienone is 2. The molecule has 0 fully saturated rings. The lowest BCUT2D eigenvalue weighted by Crippen LogP contribution is -2.34. The number of carbonyl (C=O) groups excluding carboxylic acids is 1. The lowest BCUT2D eigenvalue weighted by atomic mass is 10.0. The first-order valence-corrected chi connectivity index (χ1v) is 12.0. The van der Waals surface area contributed by atoms with E-state index in [9.17, 15) is 31.1 Å². The van der Waals surface area contributed by atoms with Crippen LogP contribution < -0.4 is 10.2 Å². The number of nitrogens with zero attached hydrogens (tertiary/aromatic N) is 1. The Morgan fingerprint density at radius 3 is 2.51 bits per heavy atom. The van der Waals surface area contributed by atoms with E-state index in [0.29, 0.717) is 30.6 Å². The van der Waals surface area contributed by atoms with Crippen molar-refractivity contribution in [3.63, 3.8) is 0 Å². The summed E-state index contributed by atoms with van der Waals surface area (Å²) in [6.07, 6.45) is -9.09. The van der Waals surface area contributed by atoms with E-state index in [1.807, 2.05) is 0 Å². The number of alkyl halides is 6. The van der Waals surface area contributed by atoms with E-state index < -0.39 is 36.5 Å². The summed E-state index contributed by atoms with van der Waals surface area (Å²) in [5.41, 5.74) is 0.269. The maximum Gasteiger partial charge on any atom is 0.414 e. The average Bonchev–Trinajstić information content (AvgIpc) is 2.90. The largest absolute Gasteiger partial charge is 0.446 e. The maximum absolute atomic E-state index is 13.3. The van der Waals surface area contributed by atoms with Crippen LogP contribution in [0.1, 0.15) is 58.1 Å². The molecule has 1 aliphatic rings. The van der Waals surface area contributed by atoms with Crippen LogP contribution in [0.3, 0.4) is 0 Å². The minimum absolute atomic E-state index is 0.103. The molecule has 0 spiro atoms. The van der Waals surface area contributed by atoms with E-state index >= 15 is 0 Å². The summed E-state index contributed by atoms with van der Waals surface area (Å²) in [4.78, 5) is 14.2. The second-order valence-electron chi connectivity index (χ2n) is 8.48. The first-order chi connectivity index (χ1) is 16.2. The topological polar surface area (TPSA) is 41.6 Å². The van der Waals surface area contributed by atoms with Gasteiger partial charge in [0.2, 0.25) is 0 Å². The van der Waals surface area contributed by atoms with Gasteiger partial charge in [0.05, 0.1) is 18.2 Å². The Bertz CT molecular complexity index is 941. The van der Waals surface area contributed by atoms with Crippen molar-refractivity contribution in [3.8, 4) is 0 Å². The monoisotopic (exact) mass is 570 g/mol. The van der Waals surface area contributed by atoms with Crippen LogP contribution >= 0.6 is 15.9 Å². The van der Waals surface area contributed by atoms with Gasteiger partial charge in [-0.2, -0.15) is 26.3 Å². The number of hydrogen-bond donors (Lipinski definition) is 1. The van der Waals surface area contributed by atoms with Crippen molar-refractivity contribution < 1.29 is 35.9 Å². The molecule has 2 rings (SSSR count). The second kappa shape index (κ2) is 12.3. The van der Waals surface area contributed by atoms with Gasteiger partial charge in [0.15, 0.2) is 0 Å². The molecule has 4 nitrogen and oxygen atoms in total. The summed E-state index contributed by atoms with van der Waals surface area (Å²) in [6, 6.07) is 4.87. The van der Waals surface area contributed by atoms with Crippen LogP contribution in [-0.4, -0.2) is 37.6 Å². The molecule has 11 heteroatoms. The molecule has 0 bridgehead atoms. The molecule has 0 saturated heterocycles. The summed E-state index contributed by atoms with van der Waals surface area (Å²) in [5, 5.41) is 3.12. The van der Waals surface area contributed by atoms with Crippen molar-refractivity contribution in [2.75, 3.05) is 18.0 Å². The van der Waals surface area contributed by atoms with E-state index in [0.717, 1.165) is 16.6 Å². The van der Waals surface area contributed by atoms with Gasteiger partial charge in [-0.05, 0) is 68.5 Å². The van der Waals surface area contributed by atoms with Crippen LogP contribution in [0.5, 0.6) is 0 Å². The van der Waals surface area contributed by atoms with Gasteiger partial charge in [0.1, 0.15) is 0 Å². The third-order valence-corrected chi connectivity index (χ3v) is 5.83. The highest BCUT2D eigenvalue weighted by Gasteiger charge is 2.33. The average molecular weight is 571 g/mol. The summed E-state index contributed by atoms with van der Waals surface area (Å²) in [5.74, 6) is 0. The lowest BCUT2D eigenvalue weighted by molar-refractivity contribution is -0.125. The molecule has 1 N–H and O–H groups in total. The molecule has 1 unspecified atom stereocenters. The molecule has 1 aliphatic heterocycles. The molecule has 196 valence electrons. The first kappa shape index (κ1) is 29.2. The summed E-state index contributed by atoms with van der Waals surface area (Å²) >= 11 is 3.40. The van der Waals surface area contributed by atoms with Crippen LogP contribution in [0.4, 0.5) is 36.8 Å². The number of ether oxygens (including phenoxy) is 1. The number of fused-ring (bicyclic) bond motifs is 1. The Hall–Kier alpha value is -2.01. The third-order valence-electron chi connectivity index (χ3n) is 5.34. The maximum atomic E-state index is 13.3. The quantitative estimate of drug-likeness (QED) is 0.266. The predicted molar refractivity (Wildman–Crippen MR) is 126 cm³/mol. The lowest BCUT2D eigenvalue weighted by Gasteiger charge is -2.25. The van der Waals surface area contributed by atoms with Gasteiger partial charge in [0, 0.05) is 29.2 Å². The van der Waals surface area contributed by atoms with Crippen molar-refractivity contribution in [3.05, 3.63) is 51.5 Å². The number of halogens is 7. The van der Waals surface area contributed by atoms with Crippen LogP contribution in [0.25, 0.3) is 0 Å². The van der Waals surface area contributed by atoms with Gasteiger partial charge in [-0.1, -0.05) is 28.9 Å². The first-order valence-electron chi connectivity index (χ1n) is 11.3. The Morgan fingerprint density at radius 1 is 1.26 bits per heavy atom. The standard InChI is InChI=1S/C24H29BrF6N2O2/c1-4-17(24(29,30)31)12-16(9-10-23(26,27)28)14-32-20-6-5-11-33(22(34)35-15(2)3)21-8-7-18(25)13-19(20)21/h7-9,12-13,15,20,32H,4-6,10-11,14H2,1-3H3/b16-9+,17-12+. The molecule has 0 saturated carbocycles. The number of anilines is 1. The van der Waals surface area contributed by atoms with Gasteiger partial charge in [-0.25, -0.2) is 4.79 Å². The second-order valence-corrected chi connectivity index (χ2v) is 9.40. The summed E-state index contributed by atoms with van der Waals surface area (Å²) < 4.78 is 84.3. The molecule has 1 heterocycles. The number of benzene rings is 1. The normalized spacial score (nSPS) is 17.9. The molecule has 0 radical (unpaired) electrons. The molecule has 1 aromatic rings. The van der Waals surface area contributed by atoms with Gasteiger partial charge in [-0.3, -0.25) is 4.90 Å². The van der Waals surface area contributed by atoms with Crippen molar-refractivity contribution in [2.24, 2.45) is 0 Å². The predicted octanol–water partition coefficient (Wildman–Crippen LogP) is 8.00. The van der Waals surface area contributed by atoms with Crippen molar-refractivity contribution in [2.45, 2.75) is 71.0 Å². The molecule has 1 aromatic carbocycles. The van der Waals surface area contributed by atoms with Gasteiger partial charge in [-0.15, -0.1) is 0 Å². The van der Waals surface area contributed by atoms with E-state index in [4.69, 9.17) is 4.74 Å². The highest BCUT2D eigenvalue weighted by Crippen LogP contribution is 2.36. The SMILES string of the molecule is CC/C(=C\C(=C/CC(F)(F)F)CNC1CCCN(C(=O)OC(C)C)c2ccc(Br)cc21)C(F)(F)F. The van der Waals surface area contributed by atoms with Crippen LogP contribution in [-0.2, 0) is 4.74 Å². The van der Waals surface area contributed by atoms with Crippen LogP contribution in [0.15, 0.2) is 46.0 Å². The molecule has 0 aliphatic carbocycles. The zero-order valence-corrected chi connectivity index (χ0v) is 21.3. The fourth-order valence-electron chi connectivity index (χ4n) is 3.72. The molecular weight excluding hydrogens is 542 g/mol. The number of hydrogen-bond acceptors (Lipinski definition) is 3. The van der Waals surface area contributed by atoms with Crippen molar-refractivity contribution in [1.82, 2.24) is 5.32 Å². The molecule has 1 atom stereocenters. The Morgan fingerprint density at radius 2 is 1.94 bits per heavy atom. The van der Waals surface area contributed by atoms with Crippen LogP contribution in [0, 0.1) is 0 Å². The van der Waals surface area contributed by atoms with E-state index in [1.54, 1.807) is 32.0 Å². The van der Waals surface area contributed by atoms with Gasteiger partial charge in [0.25, 0.3) is 0 Å². The third kappa shape index (κ3) is 9.18.